The van der Waals surface area contributed by atoms with E-state index in [1.807, 2.05) is 18.2 Å². The minimum Gasteiger partial charge on any atom is -0.482 e. The second kappa shape index (κ2) is 5.93. The van der Waals surface area contributed by atoms with Gasteiger partial charge in [-0.25, -0.2) is 9.97 Å². The molecule has 21 heavy (non-hydrogen) atoms. The Morgan fingerprint density at radius 2 is 2.10 bits per heavy atom. The van der Waals surface area contributed by atoms with Crippen molar-refractivity contribution in [3.8, 4) is 5.75 Å². The zero-order valence-corrected chi connectivity index (χ0v) is 14.3. The Hall–Kier alpha value is -1.13. The number of hydrogen-bond donors (Lipinski definition) is 0. The first-order valence-electron chi connectivity index (χ1n) is 7.01. The zero-order chi connectivity index (χ0) is 15.0. The predicted octanol–water partition coefficient (Wildman–Crippen LogP) is 4.77. The third-order valence-corrected chi connectivity index (χ3v) is 4.77. The Labute approximate surface area is 137 Å². The van der Waals surface area contributed by atoms with Gasteiger partial charge >= 0.3 is 0 Å². The molecule has 0 fully saturated rings. The van der Waals surface area contributed by atoms with E-state index in [-0.39, 0.29) is 6.10 Å². The molecule has 1 atom stereocenters. The topological polar surface area (TPSA) is 35.0 Å². The normalized spacial score (nSPS) is 16.9. The molecule has 3 rings (SSSR count). The standard InChI is InChI=1S/C16H16BrClN2O/c1-9(2)7-11-14(17)15(18)20-16(19-11)13-8-10-5-3-4-6-12(10)21-13/h3-6,9,13H,7-8H2,1-2H3. The molecule has 0 amide bonds. The quantitative estimate of drug-likeness (QED) is 0.733. The number of ether oxygens (including phenoxy) is 1. The summed E-state index contributed by atoms with van der Waals surface area (Å²) >= 11 is 9.72. The first-order valence-corrected chi connectivity index (χ1v) is 8.18. The van der Waals surface area contributed by atoms with Crippen molar-refractivity contribution in [2.75, 3.05) is 0 Å². The van der Waals surface area contributed by atoms with E-state index >= 15 is 0 Å². The van der Waals surface area contributed by atoms with Crippen molar-refractivity contribution in [1.82, 2.24) is 9.97 Å². The summed E-state index contributed by atoms with van der Waals surface area (Å²) in [6.45, 7) is 4.31. The smallest absolute Gasteiger partial charge is 0.171 e. The van der Waals surface area contributed by atoms with Crippen molar-refractivity contribution >= 4 is 27.5 Å². The SMILES string of the molecule is CC(C)Cc1nc(C2Cc3ccccc3O2)nc(Cl)c1Br. The average molecular weight is 368 g/mol. The minimum absolute atomic E-state index is 0.154. The van der Waals surface area contributed by atoms with Gasteiger partial charge in [0.05, 0.1) is 10.2 Å². The summed E-state index contributed by atoms with van der Waals surface area (Å²) in [5.41, 5.74) is 2.13. The van der Waals surface area contributed by atoms with Crippen LogP contribution >= 0.6 is 27.5 Å². The molecule has 1 aromatic heterocycles. The first-order chi connectivity index (χ1) is 10.0. The van der Waals surface area contributed by atoms with Crippen LogP contribution in [0.5, 0.6) is 5.75 Å². The van der Waals surface area contributed by atoms with Crippen molar-refractivity contribution in [1.29, 1.82) is 0 Å². The lowest BCUT2D eigenvalue weighted by Gasteiger charge is -2.14. The third kappa shape index (κ3) is 3.06. The summed E-state index contributed by atoms with van der Waals surface area (Å²) in [7, 11) is 0. The summed E-state index contributed by atoms with van der Waals surface area (Å²) < 4.78 is 6.74. The predicted molar refractivity (Wildman–Crippen MR) is 86.8 cm³/mol. The summed E-state index contributed by atoms with van der Waals surface area (Å²) in [4.78, 5) is 9.06. The van der Waals surface area contributed by atoms with Gasteiger partial charge in [0, 0.05) is 6.42 Å². The van der Waals surface area contributed by atoms with Crippen molar-refractivity contribution in [2.24, 2.45) is 5.92 Å². The second-order valence-corrected chi connectivity index (χ2v) is 6.80. The molecule has 110 valence electrons. The third-order valence-electron chi connectivity index (χ3n) is 3.43. The van der Waals surface area contributed by atoms with Crippen molar-refractivity contribution < 1.29 is 4.74 Å². The Morgan fingerprint density at radius 3 is 2.81 bits per heavy atom. The maximum atomic E-state index is 6.24. The average Bonchev–Trinajstić information content (AvgIpc) is 2.87. The minimum atomic E-state index is -0.154. The van der Waals surface area contributed by atoms with E-state index in [1.54, 1.807) is 0 Å². The maximum absolute atomic E-state index is 6.24. The maximum Gasteiger partial charge on any atom is 0.171 e. The zero-order valence-electron chi connectivity index (χ0n) is 11.9. The van der Waals surface area contributed by atoms with Crippen LogP contribution in [0.4, 0.5) is 0 Å². The largest absolute Gasteiger partial charge is 0.482 e. The molecule has 5 heteroatoms. The Morgan fingerprint density at radius 1 is 1.33 bits per heavy atom. The van der Waals surface area contributed by atoms with Crippen molar-refractivity contribution in [2.45, 2.75) is 32.8 Å². The van der Waals surface area contributed by atoms with E-state index in [4.69, 9.17) is 16.3 Å². The molecule has 0 spiro atoms. The lowest BCUT2D eigenvalue weighted by molar-refractivity contribution is 0.227. The Kier molecular flexibility index (Phi) is 4.18. The van der Waals surface area contributed by atoms with Gasteiger partial charge in [-0.2, -0.15) is 0 Å². The number of benzene rings is 1. The fourth-order valence-corrected chi connectivity index (χ4v) is 3.01. The molecule has 1 aromatic carbocycles. The van der Waals surface area contributed by atoms with Crippen LogP contribution in [0, 0.1) is 5.92 Å². The highest BCUT2D eigenvalue weighted by molar-refractivity contribution is 9.10. The van der Waals surface area contributed by atoms with E-state index in [0.717, 1.165) is 28.8 Å². The van der Waals surface area contributed by atoms with Crippen LogP contribution in [0.3, 0.4) is 0 Å². The molecular weight excluding hydrogens is 352 g/mol. The van der Waals surface area contributed by atoms with Crippen LogP contribution in [0.2, 0.25) is 5.15 Å². The molecule has 3 nitrogen and oxygen atoms in total. The van der Waals surface area contributed by atoms with Crippen LogP contribution in [-0.4, -0.2) is 9.97 Å². The van der Waals surface area contributed by atoms with Crippen molar-refractivity contribution in [3.05, 3.63) is 51.0 Å². The van der Waals surface area contributed by atoms with Crippen LogP contribution in [0.15, 0.2) is 28.7 Å². The van der Waals surface area contributed by atoms with Crippen LogP contribution in [0.25, 0.3) is 0 Å². The summed E-state index contributed by atoms with van der Waals surface area (Å²) in [6, 6.07) is 8.04. The van der Waals surface area contributed by atoms with Gasteiger partial charge in [-0.3, -0.25) is 0 Å². The molecule has 2 aromatic rings. The molecule has 0 bridgehead atoms. The number of fused-ring (bicyclic) bond motifs is 1. The number of halogens is 2. The van der Waals surface area contributed by atoms with Gasteiger partial charge in [0.1, 0.15) is 10.9 Å². The van der Waals surface area contributed by atoms with E-state index in [9.17, 15) is 0 Å². The fourth-order valence-electron chi connectivity index (χ4n) is 2.47. The van der Waals surface area contributed by atoms with Gasteiger partial charge in [-0.15, -0.1) is 0 Å². The van der Waals surface area contributed by atoms with Crippen molar-refractivity contribution in [3.63, 3.8) is 0 Å². The Bertz CT molecular complexity index is 650. The number of nitrogens with zero attached hydrogens (tertiary/aromatic N) is 2. The molecule has 0 saturated heterocycles. The molecular formula is C16H16BrClN2O. The van der Waals surface area contributed by atoms with Gasteiger partial charge in [0.25, 0.3) is 0 Å². The molecule has 1 aliphatic rings. The van der Waals surface area contributed by atoms with E-state index in [1.165, 1.54) is 5.56 Å². The molecule has 0 aliphatic carbocycles. The fraction of sp³-hybridized carbons (Fsp3) is 0.375. The van der Waals surface area contributed by atoms with Crippen LogP contribution in [-0.2, 0) is 12.8 Å². The Balaban J connectivity index is 1.92. The monoisotopic (exact) mass is 366 g/mol. The highest BCUT2D eigenvalue weighted by Crippen LogP contribution is 2.36. The molecule has 1 aliphatic heterocycles. The number of rotatable bonds is 3. The first kappa shape index (κ1) is 14.8. The van der Waals surface area contributed by atoms with E-state index < -0.39 is 0 Å². The van der Waals surface area contributed by atoms with Gasteiger partial charge in [-0.05, 0) is 39.9 Å². The molecule has 0 N–H and O–H groups in total. The summed E-state index contributed by atoms with van der Waals surface area (Å²) in [6.07, 6.45) is 1.49. The number of hydrogen-bond acceptors (Lipinski definition) is 3. The van der Waals surface area contributed by atoms with Gasteiger partial charge in [0.15, 0.2) is 11.9 Å². The lowest BCUT2D eigenvalue weighted by atomic mass is 10.1. The highest BCUT2D eigenvalue weighted by atomic mass is 79.9. The molecule has 2 heterocycles. The molecule has 0 saturated carbocycles. The number of aromatic nitrogens is 2. The second-order valence-electron chi connectivity index (χ2n) is 5.65. The van der Waals surface area contributed by atoms with Crippen LogP contribution in [0.1, 0.15) is 37.0 Å². The van der Waals surface area contributed by atoms with Gasteiger partial charge in [-0.1, -0.05) is 43.6 Å². The van der Waals surface area contributed by atoms with E-state index in [2.05, 4.69) is 45.8 Å². The number of para-hydroxylation sites is 1. The highest BCUT2D eigenvalue weighted by Gasteiger charge is 2.27. The van der Waals surface area contributed by atoms with Gasteiger partial charge < -0.3 is 4.74 Å². The van der Waals surface area contributed by atoms with Crippen LogP contribution < -0.4 is 4.74 Å². The summed E-state index contributed by atoms with van der Waals surface area (Å²) in [5.74, 6) is 2.08. The summed E-state index contributed by atoms with van der Waals surface area (Å²) in [5, 5.41) is 0.454. The lowest BCUT2D eigenvalue weighted by Crippen LogP contribution is -2.12. The van der Waals surface area contributed by atoms with E-state index in [0.29, 0.717) is 16.9 Å². The molecule has 0 radical (unpaired) electrons. The molecule has 1 unspecified atom stereocenters. The van der Waals surface area contributed by atoms with Gasteiger partial charge in [0.2, 0.25) is 0 Å².